The van der Waals surface area contributed by atoms with Gasteiger partial charge in [-0.3, -0.25) is 29.4 Å². The van der Waals surface area contributed by atoms with Crippen LogP contribution in [0.4, 0.5) is 4.39 Å². The number of benzene rings is 4. The third kappa shape index (κ3) is 9.54. The monoisotopic (exact) mass is 852 g/mol. The number of ether oxygens (including phenoxy) is 2. The maximum atomic E-state index is 14.4. The van der Waals surface area contributed by atoms with E-state index in [1.807, 2.05) is 48.7 Å². The number of nitrogens with zero attached hydrogens (tertiary/aromatic N) is 4. The van der Waals surface area contributed by atoms with Gasteiger partial charge < -0.3 is 9.47 Å². The second kappa shape index (κ2) is 17.5. The number of halogens is 1. The number of hydrogen-bond donors (Lipinski definition) is 4. The lowest BCUT2D eigenvalue weighted by Gasteiger charge is -2.24. The highest BCUT2D eigenvalue weighted by molar-refractivity contribution is 7.93. The van der Waals surface area contributed by atoms with E-state index in [1.54, 1.807) is 48.3 Å². The first-order valence-electron chi connectivity index (χ1n) is 18.0. The number of nitrogens with one attached hydrogen (secondary N) is 2. The van der Waals surface area contributed by atoms with E-state index in [0.717, 1.165) is 45.7 Å². The fourth-order valence-corrected chi connectivity index (χ4v) is 7.89. The Morgan fingerprint density at radius 3 is 1.51 bits per heavy atom. The molecule has 2 amide bonds. The average Bonchev–Trinajstić information content (AvgIpc) is 3.83. The number of amides is 2. The molecule has 0 aliphatic carbocycles. The minimum absolute atomic E-state index is 0.0302. The molecule has 0 saturated carbocycles. The van der Waals surface area contributed by atoms with Crippen molar-refractivity contribution in [3.05, 3.63) is 97.1 Å². The molecule has 314 valence electrons. The van der Waals surface area contributed by atoms with Gasteiger partial charge in [0, 0.05) is 60.4 Å². The van der Waals surface area contributed by atoms with E-state index < -0.39 is 46.8 Å². The lowest BCUT2D eigenvalue weighted by atomic mass is 10.0. The summed E-state index contributed by atoms with van der Waals surface area (Å²) in [5, 5.41) is 28.3. The van der Waals surface area contributed by atoms with Crippen molar-refractivity contribution in [2.24, 2.45) is 0 Å². The molecule has 0 fully saturated rings. The van der Waals surface area contributed by atoms with Crippen molar-refractivity contribution in [2.45, 2.75) is 49.3 Å². The molecule has 2 aromatic heterocycles. The summed E-state index contributed by atoms with van der Waals surface area (Å²) < 4.78 is 72.5. The van der Waals surface area contributed by atoms with Gasteiger partial charge in [0.15, 0.2) is 29.2 Å². The number of carbonyl (C=O) groups is 2. The molecule has 2 heterocycles. The lowest BCUT2D eigenvalue weighted by Crippen LogP contribution is -2.49. The van der Waals surface area contributed by atoms with E-state index in [-0.39, 0.29) is 25.9 Å². The van der Waals surface area contributed by atoms with Gasteiger partial charge in [-0.25, -0.2) is 32.2 Å². The fraction of sp³-hybridized carbons (Fsp3) is 0.300. The molecule has 6 aromatic rings. The summed E-state index contributed by atoms with van der Waals surface area (Å²) in [6, 6.07) is 23.4. The van der Waals surface area contributed by atoms with E-state index in [1.165, 1.54) is 42.7 Å². The molecule has 6 rings (SSSR count). The number of hydroxylamine groups is 2. The first-order chi connectivity index (χ1) is 27.8. The molecule has 0 aliphatic rings. The number of methoxy groups -OCH3 is 2. The van der Waals surface area contributed by atoms with Crippen LogP contribution in [0.3, 0.4) is 0 Å². The fourth-order valence-electron chi connectivity index (χ4n) is 6.20. The predicted molar refractivity (Wildman–Crippen MR) is 219 cm³/mol. The molecular formula is C40H45FN6O10S2. The molecule has 19 heteroatoms. The highest BCUT2D eigenvalue weighted by atomic mass is 32.2. The number of rotatable bonds is 14. The first kappa shape index (κ1) is 44.2. The smallest absolute Gasteiger partial charge is 0.264 e. The van der Waals surface area contributed by atoms with Gasteiger partial charge in [0.1, 0.15) is 17.3 Å². The Labute approximate surface area is 340 Å². The number of aromatic nitrogens is 4. The van der Waals surface area contributed by atoms with Crippen LogP contribution in [-0.2, 0) is 42.4 Å². The SMILES string of the molecule is COc1ccc(-c2ccc3nn(CC[C@](C)(C(=O)NO)S(C)(=O)=O)cc3c2)c(F)c1.COc1ccc(-c2ccc3nn(CC[C@](C)(C(=O)NO)S(C)(=O)=O)cc3c2)cc1. The zero-order chi connectivity index (χ0) is 43.3. The first-order valence-corrected chi connectivity index (χ1v) is 21.8. The topological polar surface area (TPSA) is 221 Å². The summed E-state index contributed by atoms with van der Waals surface area (Å²) in [5.74, 6) is -1.17. The third-order valence-electron chi connectivity index (χ3n) is 10.5. The third-order valence-corrected chi connectivity index (χ3v) is 14.5. The number of fused-ring (bicyclic) bond motifs is 2. The molecule has 0 aliphatic heterocycles. The molecule has 0 saturated heterocycles. The standard InChI is InChI=1S/C20H22FN3O5S.C20H23N3O5S/c1-20(19(25)23-26,30(3,27)28)8-9-24-12-14-10-13(4-7-18(14)22-24)16-6-5-15(29-2)11-17(16)21;1-20(19(24)22-25,29(3,26)27)10-11-23-13-16-12-15(6-9-18(16)21-23)14-4-7-17(28-2)8-5-14/h4-7,10-12,26H,8-9H2,1-3H3,(H,23,25);4-9,12-13,25H,10-11H2,1-3H3,(H,22,24)/t2*20-/m11/s1. The minimum atomic E-state index is -3.79. The molecule has 0 unspecified atom stereocenters. The Kier molecular flexibility index (Phi) is 13.1. The van der Waals surface area contributed by atoms with Gasteiger partial charge in [-0.2, -0.15) is 10.2 Å². The zero-order valence-corrected chi connectivity index (χ0v) is 34.8. The number of aryl methyl sites for hydroxylation is 2. The number of carbonyl (C=O) groups excluding carboxylic acids is 2. The minimum Gasteiger partial charge on any atom is -0.497 e. The van der Waals surface area contributed by atoms with E-state index >= 15 is 0 Å². The van der Waals surface area contributed by atoms with Crippen LogP contribution in [0.1, 0.15) is 26.7 Å². The van der Waals surface area contributed by atoms with Gasteiger partial charge in [0.2, 0.25) is 0 Å². The van der Waals surface area contributed by atoms with E-state index in [0.29, 0.717) is 22.4 Å². The summed E-state index contributed by atoms with van der Waals surface area (Å²) in [6.45, 7) is 2.86. The maximum Gasteiger partial charge on any atom is 0.264 e. The molecule has 4 N–H and O–H groups in total. The van der Waals surface area contributed by atoms with E-state index in [2.05, 4.69) is 10.2 Å². The summed E-state index contributed by atoms with van der Waals surface area (Å²) in [4.78, 5) is 23.9. The average molecular weight is 853 g/mol. The Hall–Kier alpha value is -5.89. The molecule has 0 spiro atoms. The van der Waals surface area contributed by atoms with Crippen LogP contribution in [0.5, 0.6) is 11.5 Å². The highest BCUT2D eigenvalue weighted by Gasteiger charge is 2.44. The summed E-state index contributed by atoms with van der Waals surface area (Å²) in [7, 11) is -4.46. The van der Waals surface area contributed by atoms with Crippen LogP contribution in [0.2, 0.25) is 0 Å². The Morgan fingerprint density at radius 1 is 0.661 bits per heavy atom. The lowest BCUT2D eigenvalue weighted by molar-refractivity contribution is -0.132. The normalized spacial score (nSPS) is 13.8. The Balaban J connectivity index is 0.000000224. The van der Waals surface area contributed by atoms with Crippen molar-refractivity contribution in [2.75, 3.05) is 26.7 Å². The maximum absolute atomic E-state index is 14.4. The van der Waals surface area contributed by atoms with Gasteiger partial charge in [0.05, 0.1) is 25.3 Å². The van der Waals surface area contributed by atoms with Crippen LogP contribution in [0, 0.1) is 5.82 Å². The molecule has 0 radical (unpaired) electrons. The number of hydrogen-bond acceptors (Lipinski definition) is 12. The summed E-state index contributed by atoms with van der Waals surface area (Å²) >= 11 is 0. The van der Waals surface area contributed by atoms with Crippen LogP contribution in [-0.4, -0.2) is 94.9 Å². The Bertz CT molecular complexity index is 2720. The summed E-state index contributed by atoms with van der Waals surface area (Å²) in [6.07, 6.45) is 5.30. The van der Waals surface area contributed by atoms with Crippen molar-refractivity contribution in [3.63, 3.8) is 0 Å². The van der Waals surface area contributed by atoms with E-state index in [4.69, 9.17) is 19.9 Å². The van der Waals surface area contributed by atoms with Crippen molar-refractivity contribution in [1.82, 2.24) is 30.5 Å². The predicted octanol–water partition coefficient (Wildman–Crippen LogP) is 4.96. The molecule has 0 bridgehead atoms. The molecule has 2 atom stereocenters. The largest absolute Gasteiger partial charge is 0.497 e. The van der Waals surface area contributed by atoms with Crippen LogP contribution in [0.25, 0.3) is 44.1 Å². The number of sulfone groups is 2. The zero-order valence-electron chi connectivity index (χ0n) is 33.1. The van der Waals surface area contributed by atoms with Crippen LogP contribution < -0.4 is 20.4 Å². The van der Waals surface area contributed by atoms with Crippen molar-refractivity contribution in [1.29, 1.82) is 0 Å². The van der Waals surface area contributed by atoms with Gasteiger partial charge >= 0.3 is 0 Å². The van der Waals surface area contributed by atoms with Gasteiger partial charge in [-0.15, -0.1) is 0 Å². The summed E-state index contributed by atoms with van der Waals surface area (Å²) in [5.41, 5.74) is 7.39. The van der Waals surface area contributed by atoms with Crippen molar-refractivity contribution < 1.29 is 50.7 Å². The second-order valence-electron chi connectivity index (χ2n) is 14.3. The van der Waals surface area contributed by atoms with Gasteiger partial charge in [-0.1, -0.05) is 24.3 Å². The van der Waals surface area contributed by atoms with Gasteiger partial charge in [-0.05, 0) is 91.9 Å². The molecular weight excluding hydrogens is 808 g/mol. The van der Waals surface area contributed by atoms with Crippen LogP contribution >= 0.6 is 0 Å². The van der Waals surface area contributed by atoms with Crippen molar-refractivity contribution in [3.8, 4) is 33.8 Å². The van der Waals surface area contributed by atoms with Gasteiger partial charge in [0.25, 0.3) is 11.8 Å². The van der Waals surface area contributed by atoms with E-state index in [9.17, 15) is 30.8 Å². The molecule has 16 nitrogen and oxygen atoms in total. The Morgan fingerprint density at radius 2 is 1.08 bits per heavy atom. The quantitative estimate of drug-likeness (QED) is 0.0844. The highest BCUT2D eigenvalue weighted by Crippen LogP contribution is 2.30. The molecule has 59 heavy (non-hydrogen) atoms. The molecule has 4 aromatic carbocycles. The van der Waals surface area contributed by atoms with Crippen molar-refractivity contribution >= 4 is 53.3 Å². The second-order valence-corrected chi connectivity index (χ2v) is 19.2. The van der Waals surface area contributed by atoms with Crippen LogP contribution in [0.15, 0.2) is 91.3 Å².